The Morgan fingerprint density at radius 2 is 2.14 bits per heavy atom. The average molecular weight is 398 g/mol. The summed E-state index contributed by atoms with van der Waals surface area (Å²) in [5.74, 6) is 0.529. The maximum absolute atomic E-state index is 13.6. The Morgan fingerprint density at radius 1 is 1.31 bits per heavy atom. The molecule has 0 saturated heterocycles. The fourth-order valence-electron chi connectivity index (χ4n) is 3.74. The summed E-state index contributed by atoms with van der Waals surface area (Å²) in [6, 6.07) is 7.05. The molecular weight excluding hydrogens is 381 g/mol. The number of pyridine rings is 1. The quantitative estimate of drug-likeness (QED) is 0.603. The Labute approximate surface area is 165 Å². The first-order valence-corrected chi connectivity index (χ1v) is 9.18. The molecule has 1 aliphatic rings. The van der Waals surface area contributed by atoms with Crippen LogP contribution in [0.4, 0.5) is 13.2 Å². The van der Waals surface area contributed by atoms with Crippen LogP contribution >= 0.6 is 0 Å². The van der Waals surface area contributed by atoms with Crippen molar-refractivity contribution in [2.75, 3.05) is 0 Å². The van der Waals surface area contributed by atoms with Gasteiger partial charge in [0.2, 0.25) is 0 Å². The normalized spacial score (nSPS) is 16.7. The van der Waals surface area contributed by atoms with Crippen molar-refractivity contribution in [3.05, 3.63) is 59.1 Å². The summed E-state index contributed by atoms with van der Waals surface area (Å²) in [6.45, 7) is 1.88. The fourth-order valence-corrected chi connectivity index (χ4v) is 3.74. The van der Waals surface area contributed by atoms with Gasteiger partial charge in [0.15, 0.2) is 0 Å². The lowest BCUT2D eigenvalue weighted by Crippen LogP contribution is -2.23. The number of nitrogens with zero attached hydrogens (tertiary/aromatic N) is 4. The van der Waals surface area contributed by atoms with Gasteiger partial charge in [-0.2, -0.15) is 23.5 Å². The van der Waals surface area contributed by atoms with Crippen molar-refractivity contribution in [3.63, 3.8) is 0 Å². The summed E-state index contributed by atoms with van der Waals surface area (Å²) in [5.41, 5.74) is -0.189. The van der Waals surface area contributed by atoms with E-state index < -0.39 is 23.4 Å². The Hall–Kier alpha value is -3.34. The highest BCUT2D eigenvalue weighted by Gasteiger charge is 2.40. The van der Waals surface area contributed by atoms with Crippen LogP contribution in [-0.4, -0.2) is 14.8 Å². The van der Waals surface area contributed by atoms with Crippen molar-refractivity contribution in [3.8, 4) is 11.8 Å². The Bertz CT molecular complexity index is 1140. The van der Waals surface area contributed by atoms with Gasteiger partial charge in [0.05, 0.1) is 28.5 Å². The molecule has 2 aromatic heterocycles. The number of ether oxygens (including phenoxy) is 1. The van der Waals surface area contributed by atoms with Crippen LogP contribution < -0.4 is 4.74 Å². The number of hydrogen-bond acceptors (Lipinski definition) is 4. The number of allylic oxidation sites excluding steroid dienone is 1. The molecule has 8 heteroatoms. The third-order valence-electron chi connectivity index (χ3n) is 4.95. The molecular formula is C21H17F3N4O. The van der Waals surface area contributed by atoms with Gasteiger partial charge < -0.3 is 4.74 Å². The van der Waals surface area contributed by atoms with Gasteiger partial charge in [-0.15, -0.1) is 0 Å². The molecule has 5 nitrogen and oxygen atoms in total. The van der Waals surface area contributed by atoms with Gasteiger partial charge in [-0.3, -0.25) is 4.98 Å². The van der Waals surface area contributed by atoms with Crippen LogP contribution in [0.5, 0.6) is 5.75 Å². The number of alkyl halides is 3. The summed E-state index contributed by atoms with van der Waals surface area (Å²) in [5, 5.41) is 14.3. The zero-order valence-electron chi connectivity index (χ0n) is 15.6. The number of benzene rings is 1. The van der Waals surface area contributed by atoms with E-state index in [1.165, 1.54) is 0 Å². The van der Waals surface area contributed by atoms with E-state index in [1.54, 1.807) is 23.0 Å². The van der Waals surface area contributed by atoms with Gasteiger partial charge in [-0.25, -0.2) is 4.68 Å². The Kier molecular flexibility index (Phi) is 4.74. The molecule has 0 radical (unpaired) electrons. The van der Waals surface area contributed by atoms with Crippen LogP contribution in [0.3, 0.4) is 0 Å². The molecule has 0 aliphatic heterocycles. The van der Waals surface area contributed by atoms with E-state index in [-0.39, 0.29) is 17.7 Å². The standard InChI is InChI=1S/C21H17F3N4O/c1-2-8-28-17-9-15(7-6-13(17)12-27-28)29-18-5-3-4-16-19(21(22,23)24)14(10-25)11-26-20(16)18/h2,6-9,11-12,18H,3-5H2,1H3. The molecule has 2 heterocycles. The zero-order chi connectivity index (χ0) is 20.6. The van der Waals surface area contributed by atoms with Crippen LogP contribution in [0, 0.1) is 11.3 Å². The molecule has 1 aliphatic carbocycles. The first-order chi connectivity index (χ1) is 13.9. The average Bonchev–Trinajstić information content (AvgIpc) is 3.09. The second kappa shape index (κ2) is 7.24. The topological polar surface area (TPSA) is 63.7 Å². The van der Waals surface area contributed by atoms with E-state index in [0.717, 1.165) is 17.1 Å². The van der Waals surface area contributed by atoms with E-state index in [0.29, 0.717) is 18.6 Å². The summed E-state index contributed by atoms with van der Waals surface area (Å²) in [7, 11) is 0. The lowest BCUT2D eigenvalue weighted by atomic mass is 9.88. The smallest absolute Gasteiger partial charge is 0.418 e. The van der Waals surface area contributed by atoms with Gasteiger partial charge in [0, 0.05) is 23.8 Å². The molecule has 148 valence electrons. The van der Waals surface area contributed by atoms with Crippen molar-refractivity contribution in [1.82, 2.24) is 14.8 Å². The number of rotatable bonds is 3. The first-order valence-electron chi connectivity index (χ1n) is 9.18. The molecule has 0 saturated carbocycles. The molecule has 29 heavy (non-hydrogen) atoms. The summed E-state index contributed by atoms with van der Waals surface area (Å²) >= 11 is 0. The van der Waals surface area contributed by atoms with E-state index in [1.807, 2.05) is 31.3 Å². The zero-order valence-corrected chi connectivity index (χ0v) is 15.6. The highest BCUT2D eigenvalue weighted by atomic mass is 19.4. The van der Waals surface area contributed by atoms with E-state index in [2.05, 4.69) is 10.1 Å². The second-order valence-electron chi connectivity index (χ2n) is 6.81. The fraction of sp³-hybridized carbons (Fsp3) is 0.286. The molecule has 0 spiro atoms. The van der Waals surface area contributed by atoms with Gasteiger partial charge in [0.25, 0.3) is 0 Å². The second-order valence-corrected chi connectivity index (χ2v) is 6.81. The van der Waals surface area contributed by atoms with Gasteiger partial charge in [0.1, 0.15) is 17.9 Å². The number of hydrogen-bond donors (Lipinski definition) is 0. The van der Waals surface area contributed by atoms with Crippen LogP contribution in [0.1, 0.15) is 48.3 Å². The third-order valence-corrected chi connectivity index (χ3v) is 4.95. The van der Waals surface area contributed by atoms with E-state index in [9.17, 15) is 13.2 Å². The Balaban J connectivity index is 1.73. The molecule has 1 unspecified atom stereocenters. The van der Waals surface area contributed by atoms with Crippen LogP contribution in [0.25, 0.3) is 17.1 Å². The third kappa shape index (κ3) is 3.44. The van der Waals surface area contributed by atoms with Crippen molar-refractivity contribution in [1.29, 1.82) is 5.26 Å². The molecule has 4 rings (SSSR count). The predicted octanol–water partition coefficient (Wildman–Crippen LogP) is 5.27. The van der Waals surface area contributed by atoms with Crippen LogP contribution in [0.2, 0.25) is 0 Å². The minimum atomic E-state index is -4.61. The lowest BCUT2D eigenvalue weighted by molar-refractivity contribution is -0.138. The summed E-state index contributed by atoms with van der Waals surface area (Å²) in [6.07, 6.45) is 2.46. The molecule has 1 aromatic carbocycles. The van der Waals surface area contributed by atoms with Gasteiger partial charge in [-0.1, -0.05) is 6.08 Å². The lowest BCUT2D eigenvalue weighted by Gasteiger charge is -2.28. The van der Waals surface area contributed by atoms with Crippen molar-refractivity contribution in [2.24, 2.45) is 0 Å². The number of aromatic nitrogens is 3. The molecule has 0 bridgehead atoms. The van der Waals surface area contributed by atoms with Gasteiger partial charge >= 0.3 is 6.18 Å². The highest BCUT2D eigenvalue weighted by molar-refractivity contribution is 5.81. The number of fused-ring (bicyclic) bond motifs is 2. The maximum Gasteiger partial charge on any atom is 0.418 e. The molecule has 1 atom stereocenters. The molecule has 0 fully saturated rings. The minimum absolute atomic E-state index is 0.0628. The van der Waals surface area contributed by atoms with E-state index in [4.69, 9.17) is 10.00 Å². The molecule has 3 aromatic rings. The largest absolute Gasteiger partial charge is 0.484 e. The van der Waals surface area contributed by atoms with Gasteiger partial charge in [-0.05, 0) is 43.9 Å². The monoisotopic (exact) mass is 398 g/mol. The number of nitriles is 1. The van der Waals surface area contributed by atoms with E-state index >= 15 is 0 Å². The van der Waals surface area contributed by atoms with Crippen LogP contribution in [-0.2, 0) is 12.6 Å². The molecule has 0 amide bonds. The number of halogens is 3. The van der Waals surface area contributed by atoms with Crippen molar-refractivity contribution >= 4 is 17.1 Å². The first kappa shape index (κ1) is 19.0. The minimum Gasteiger partial charge on any atom is -0.484 e. The van der Waals surface area contributed by atoms with Crippen molar-refractivity contribution < 1.29 is 17.9 Å². The van der Waals surface area contributed by atoms with Crippen LogP contribution in [0.15, 0.2) is 36.7 Å². The summed E-state index contributed by atoms with van der Waals surface area (Å²) < 4.78 is 48.6. The highest BCUT2D eigenvalue weighted by Crippen LogP contribution is 2.41. The predicted molar refractivity (Wildman–Crippen MR) is 101 cm³/mol. The summed E-state index contributed by atoms with van der Waals surface area (Å²) in [4.78, 5) is 4.16. The van der Waals surface area contributed by atoms with Crippen molar-refractivity contribution in [2.45, 2.75) is 38.5 Å². The molecule has 0 N–H and O–H groups in total. The Morgan fingerprint density at radius 3 is 2.86 bits per heavy atom. The maximum atomic E-state index is 13.6. The SMILES string of the molecule is CC=Cn1ncc2ccc(OC3CCCc4c3ncc(C#N)c4C(F)(F)F)cc21.